The molecule has 0 rings (SSSR count). The maximum absolute atomic E-state index is 11.5. The maximum atomic E-state index is 11.5. The molecule has 2 heteroatoms. The molecule has 130 valence electrons. The molecule has 0 aromatic rings. The highest BCUT2D eigenvalue weighted by molar-refractivity contribution is 5.69. The Morgan fingerprint density at radius 3 is 1.91 bits per heavy atom. The molecule has 0 fully saturated rings. The minimum absolute atomic E-state index is 0.0419. The first-order chi connectivity index (χ1) is 10.8. The van der Waals surface area contributed by atoms with Gasteiger partial charge in [-0.1, -0.05) is 90.2 Å². The van der Waals surface area contributed by atoms with Crippen molar-refractivity contribution in [2.75, 3.05) is 6.61 Å². The average Bonchev–Trinajstić information content (AvgIpc) is 2.52. The van der Waals surface area contributed by atoms with Crippen molar-refractivity contribution in [3.05, 3.63) is 12.2 Å². The maximum Gasteiger partial charge on any atom is 0.306 e. The fraction of sp³-hybridized carbons (Fsp3) is 0.850. The molecule has 0 saturated carbocycles. The van der Waals surface area contributed by atoms with Gasteiger partial charge in [0.05, 0.1) is 0 Å². The molecule has 0 atom stereocenters. The van der Waals surface area contributed by atoms with E-state index in [4.69, 9.17) is 4.74 Å². The molecule has 0 aromatic carbocycles. The number of carbonyl (C=O) groups excluding carboxylic acids is 1. The van der Waals surface area contributed by atoms with Crippen molar-refractivity contribution in [1.82, 2.24) is 0 Å². The summed E-state index contributed by atoms with van der Waals surface area (Å²) in [5.74, 6) is -0.0419. The van der Waals surface area contributed by atoms with E-state index >= 15 is 0 Å². The zero-order chi connectivity index (χ0) is 16.3. The quantitative estimate of drug-likeness (QED) is 0.183. The molecule has 0 aromatic heterocycles. The van der Waals surface area contributed by atoms with Crippen molar-refractivity contribution in [3.8, 4) is 0 Å². The van der Waals surface area contributed by atoms with Gasteiger partial charge in [0.1, 0.15) is 6.61 Å². The van der Waals surface area contributed by atoms with E-state index < -0.39 is 0 Å². The Balaban J connectivity index is 3.24. The van der Waals surface area contributed by atoms with Gasteiger partial charge in [0, 0.05) is 6.42 Å². The summed E-state index contributed by atoms with van der Waals surface area (Å²) in [4.78, 5) is 11.5. The van der Waals surface area contributed by atoms with E-state index in [1.54, 1.807) is 0 Å². The summed E-state index contributed by atoms with van der Waals surface area (Å²) >= 11 is 0. The first-order valence-corrected chi connectivity index (χ1v) is 9.61. The lowest BCUT2D eigenvalue weighted by atomic mass is 10.1. The minimum atomic E-state index is -0.0419. The van der Waals surface area contributed by atoms with Crippen LogP contribution in [0.2, 0.25) is 0 Å². The largest absolute Gasteiger partial charge is 0.461 e. The Kier molecular flexibility index (Phi) is 17.6. The molecule has 22 heavy (non-hydrogen) atoms. The molecule has 0 bridgehead atoms. The second-order valence-electron chi connectivity index (χ2n) is 6.23. The summed E-state index contributed by atoms with van der Waals surface area (Å²) < 4.78 is 5.20. The molecular formula is C20H38O2. The summed E-state index contributed by atoms with van der Waals surface area (Å²) in [6.45, 7) is 4.92. The number of rotatable bonds is 16. The summed E-state index contributed by atoms with van der Waals surface area (Å²) in [6.07, 6.45) is 21.1. The van der Waals surface area contributed by atoms with E-state index in [9.17, 15) is 4.79 Å². The Labute approximate surface area is 138 Å². The predicted octanol–water partition coefficient (Wildman–Crippen LogP) is 6.59. The third-order valence-corrected chi connectivity index (χ3v) is 3.97. The Bertz CT molecular complexity index is 258. The molecule has 0 amide bonds. The van der Waals surface area contributed by atoms with Gasteiger partial charge in [0.2, 0.25) is 0 Å². The summed E-state index contributed by atoms with van der Waals surface area (Å²) in [5.41, 5.74) is 0. The molecule has 0 spiro atoms. The van der Waals surface area contributed by atoms with Crippen LogP contribution in [-0.2, 0) is 9.53 Å². The lowest BCUT2D eigenvalue weighted by molar-refractivity contribution is -0.142. The predicted molar refractivity (Wildman–Crippen MR) is 96.1 cm³/mol. The smallest absolute Gasteiger partial charge is 0.306 e. The van der Waals surface area contributed by atoms with Crippen LogP contribution >= 0.6 is 0 Å². The van der Waals surface area contributed by atoms with Crippen LogP contribution in [0.3, 0.4) is 0 Å². The van der Waals surface area contributed by atoms with Crippen LogP contribution in [0.1, 0.15) is 104 Å². The fourth-order valence-electron chi connectivity index (χ4n) is 2.49. The lowest BCUT2D eigenvalue weighted by Gasteiger charge is -2.02. The van der Waals surface area contributed by atoms with Gasteiger partial charge in [-0.3, -0.25) is 4.79 Å². The van der Waals surface area contributed by atoms with Gasteiger partial charge < -0.3 is 4.74 Å². The van der Waals surface area contributed by atoms with Crippen LogP contribution in [-0.4, -0.2) is 12.6 Å². The standard InChI is InChI=1S/C20H38O2/c1-3-5-7-9-11-12-13-15-17-19-22-20(21)18-16-14-10-8-6-4-2/h15,17H,3-14,16,18-19H2,1-2H3. The highest BCUT2D eigenvalue weighted by Crippen LogP contribution is 2.08. The molecule has 0 N–H and O–H groups in total. The number of hydrogen-bond acceptors (Lipinski definition) is 2. The van der Waals surface area contributed by atoms with Crippen LogP contribution in [0.5, 0.6) is 0 Å². The second-order valence-corrected chi connectivity index (χ2v) is 6.23. The highest BCUT2D eigenvalue weighted by atomic mass is 16.5. The Morgan fingerprint density at radius 2 is 1.27 bits per heavy atom. The van der Waals surface area contributed by atoms with E-state index in [-0.39, 0.29) is 5.97 Å². The minimum Gasteiger partial charge on any atom is -0.461 e. The van der Waals surface area contributed by atoms with Gasteiger partial charge in [-0.05, 0) is 19.3 Å². The summed E-state index contributed by atoms with van der Waals surface area (Å²) in [6, 6.07) is 0. The van der Waals surface area contributed by atoms with Crippen molar-refractivity contribution in [1.29, 1.82) is 0 Å². The number of ether oxygens (including phenoxy) is 1. The number of unbranched alkanes of at least 4 members (excludes halogenated alkanes) is 11. The number of allylic oxidation sites excluding steroid dienone is 1. The first kappa shape index (κ1) is 21.2. The molecular weight excluding hydrogens is 272 g/mol. The normalized spacial score (nSPS) is 11.2. The van der Waals surface area contributed by atoms with E-state index in [0.29, 0.717) is 13.0 Å². The molecule has 0 unspecified atom stereocenters. The van der Waals surface area contributed by atoms with Crippen LogP contribution < -0.4 is 0 Å². The third kappa shape index (κ3) is 17.3. The van der Waals surface area contributed by atoms with Crippen LogP contribution in [0.4, 0.5) is 0 Å². The molecule has 0 aliphatic carbocycles. The van der Waals surface area contributed by atoms with Gasteiger partial charge in [-0.2, -0.15) is 0 Å². The van der Waals surface area contributed by atoms with Crippen molar-refractivity contribution in [2.45, 2.75) is 104 Å². The van der Waals surface area contributed by atoms with E-state index in [2.05, 4.69) is 19.9 Å². The number of carbonyl (C=O) groups is 1. The zero-order valence-electron chi connectivity index (χ0n) is 15.1. The van der Waals surface area contributed by atoms with E-state index in [1.807, 2.05) is 6.08 Å². The Hall–Kier alpha value is -0.790. The molecule has 0 saturated heterocycles. The average molecular weight is 311 g/mol. The van der Waals surface area contributed by atoms with Crippen molar-refractivity contribution < 1.29 is 9.53 Å². The SMILES string of the molecule is CCCCCCCCC=CCOC(=O)CCCCCCCC. The Morgan fingerprint density at radius 1 is 0.727 bits per heavy atom. The van der Waals surface area contributed by atoms with Crippen LogP contribution in [0.25, 0.3) is 0 Å². The molecule has 0 radical (unpaired) electrons. The topological polar surface area (TPSA) is 26.3 Å². The number of esters is 1. The monoisotopic (exact) mass is 310 g/mol. The van der Waals surface area contributed by atoms with Gasteiger partial charge in [-0.25, -0.2) is 0 Å². The van der Waals surface area contributed by atoms with Gasteiger partial charge in [0.25, 0.3) is 0 Å². The van der Waals surface area contributed by atoms with Crippen molar-refractivity contribution >= 4 is 5.97 Å². The lowest BCUT2D eigenvalue weighted by Crippen LogP contribution is -2.03. The van der Waals surface area contributed by atoms with Gasteiger partial charge >= 0.3 is 5.97 Å². The van der Waals surface area contributed by atoms with Crippen LogP contribution in [0, 0.1) is 0 Å². The third-order valence-electron chi connectivity index (χ3n) is 3.97. The van der Waals surface area contributed by atoms with E-state index in [0.717, 1.165) is 19.3 Å². The summed E-state index contributed by atoms with van der Waals surface area (Å²) in [5, 5.41) is 0. The van der Waals surface area contributed by atoms with Crippen molar-refractivity contribution in [3.63, 3.8) is 0 Å². The molecule has 2 nitrogen and oxygen atoms in total. The summed E-state index contributed by atoms with van der Waals surface area (Å²) in [7, 11) is 0. The van der Waals surface area contributed by atoms with E-state index in [1.165, 1.54) is 64.2 Å². The second kappa shape index (κ2) is 18.3. The number of hydrogen-bond donors (Lipinski definition) is 0. The molecule has 0 heterocycles. The van der Waals surface area contributed by atoms with Gasteiger partial charge in [0.15, 0.2) is 0 Å². The highest BCUT2D eigenvalue weighted by Gasteiger charge is 2.00. The first-order valence-electron chi connectivity index (χ1n) is 9.61. The van der Waals surface area contributed by atoms with Crippen LogP contribution in [0.15, 0.2) is 12.2 Å². The zero-order valence-corrected chi connectivity index (χ0v) is 15.1. The molecule has 0 aliphatic heterocycles. The van der Waals surface area contributed by atoms with Crippen molar-refractivity contribution in [2.24, 2.45) is 0 Å². The fourth-order valence-corrected chi connectivity index (χ4v) is 2.49. The molecule has 0 aliphatic rings. The van der Waals surface area contributed by atoms with Gasteiger partial charge in [-0.15, -0.1) is 0 Å².